The van der Waals surface area contributed by atoms with Gasteiger partial charge in [-0.15, -0.1) is 17.7 Å². The summed E-state index contributed by atoms with van der Waals surface area (Å²) in [5, 5.41) is 2.20. The van der Waals surface area contributed by atoms with Crippen molar-refractivity contribution in [1.82, 2.24) is 9.97 Å². The summed E-state index contributed by atoms with van der Waals surface area (Å²) in [6.07, 6.45) is 11.1. The number of hydrogen-bond donors (Lipinski definition) is 0. The number of nitrogens with zero attached hydrogens (tertiary/aromatic N) is 2. The van der Waals surface area contributed by atoms with Crippen LogP contribution in [0.2, 0.25) is 17.3 Å². The predicted octanol–water partition coefficient (Wildman–Crippen LogP) is 13.5. The Hall–Kier alpha value is -3.83. The predicted molar refractivity (Wildman–Crippen MR) is 231 cm³/mol. The zero-order valence-corrected chi connectivity index (χ0v) is 38.0. The van der Waals surface area contributed by atoms with E-state index in [1.165, 1.54) is 60.1 Å². The molecule has 1 fully saturated rings. The van der Waals surface area contributed by atoms with Gasteiger partial charge in [-0.25, -0.2) is 0 Å². The Morgan fingerprint density at radius 1 is 0.800 bits per heavy atom. The number of aromatic nitrogens is 2. The minimum Gasteiger partial charge on any atom is 0 e. The second-order valence-electron chi connectivity index (χ2n) is 16.2. The molecule has 7 aromatic rings. The fraction of sp³-hybridized carbons (Fsp3) is 0.320. The third kappa shape index (κ3) is 9.25. The van der Waals surface area contributed by atoms with Crippen molar-refractivity contribution in [3.63, 3.8) is 0 Å². The number of furan rings is 1. The van der Waals surface area contributed by atoms with Gasteiger partial charge in [-0.2, -0.15) is 0 Å². The number of fused-ring (bicyclic) bond motifs is 3. The van der Waals surface area contributed by atoms with Gasteiger partial charge in [-0.05, 0) is 53.1 Å². The summed E-state index contributed by atoms with van der Waals surface area (Å²) in [5.41, 5.74) is 13.7. The van der Waals surface area contributed by atoms with E-state index in [9.17, 15) is 0 Å². The van der Waals surface area contributed by atoms with Crippen molar-refractivity contribution in [2.75, 3.05) is 0 Å². The fourth-order valence-electron chi connectivity index (χ4n) is 8.65. The van der Waals surface area contributed by atoms with Crippen molar-refractivity contribution in [3.05, 3.63) is 138 Å². The molecule has 1 radical (unpaired) electrons. The molecule has 0 saturated heterocycles. The van der Waals surface area contributed by atoms with E-state index in [2.05, 4.69) is 147 Å². The molecule has 8 rings (SSSR count). The Kier molecular flexibility index (Phi) is 13.3. The largest absolute Gasteiger partial charge is 0 e. The topological polar surface area (TPSA) is 38.9 Å². The molecule has 0 spiro atoms. The summed E-state index contributed by atoms with van der Waals surface area (Å²) in [7, 11) is 0. The fourth-order valence-corrected chi connectivity index (χ4v) is 13.4. The van der Waals surface area contributed by atoms with Crippen molar-refractivity contribution in [2.45, 2.75) is 95.8 Å². The van der Waals surface area contributed by atoms with Gasteiger partial charge >= 0.3 is 150 Å². The Morgan fingerprint density at radius 2 is 1.55 bits per heavy atom. The molecular formula is C50H54GeIrN2O-2. The first kappa shape index (κ1) is 40.8. The van der Waals surface area contributed by atoms with Gasteiger partial charge in [0.05, 0.1) is 5.58 Å². The van der Waals surface area contributed by atoms with Gasteiger partial charge in [-0.1, -0.05) is 79.4 Å². The van der Waals surface area contributed by atoms with Gasteiger partial charge in [-0.3, -0.25) is 0 Å². The van der Waals surface area contributed by atoms with Crippen molar-refractivity contribution in [3.8, 4) is 33.6 Å². The van der Waals surface area contributed by atoms with Crippen LogP contribution in [-0.4, -0.2) is 23.2 Å². The smallest absolute Gasteiger partial charge is 0 e. The van der Waals surface area contributed by atoms with E-state index in [-0.39, 0.29) is 20.1 Å². The maximum Gasteiger partial charge on any atom is 0 e. The monoisotopic (exact) mass is 965 g/mol. The molecule has 1 saturated carbocycles. The van der Waals surface area contributed by atoms with Crippen LogP contribution in [0.4, 0.5) is 0 Å². The molecule has 55 heavy (non-hydrogen) atoms. The molecule has 0 N–H and O–H groups in total. The molecule has 0 unspecified atom stereocenters. The summed E-state index contributed by atoms with van der Waals surface area (Å²) in [6, 6.07) is 40.9. The zero-order chi connectivity index (χ0) is 37.8. The first-order valence-electron chi connectivity index (χ1n) is 20.0. The summed E-state index contributed by atoms with van der Waals surface area (Å²) >= 11 is -1.94. The molecule has 0 bridgehead atoms. The van der Waals surface area contributed by atoms with Gasteiger partial charge < -0.3 is 9.40 Å². The van der Waals surface area contributed by atoms with Crippen LogP contribution in [0.5, 0.6) is 0 Å². The molecule has 0 amide bonds. The SMILES string of the molecule is CCC(CC)c1ccnc(-c2[c-]c3oc4cc(-c5ccccc5)ccc4c3cc2)c1.Cc1ccc[c-]c1-c1cc(CC2CCCC2)[c]([Ge]([CH3])([CH3])[CH3])c(C)n1.[Ir]. The maximum absolute atomic E-state index is 6.21. The van der Waals surface area contributed by atoms with E-state index in [4.69, 9.17) is 9.40 Å². The summed E-state index contributed by atoms with van der Waals surface area (Å²) in [4.78, 5) is 9.62. The number of rotatable bonds is 9. The van der Waals surface area contributed by atoms with E-state index >= 15 is 0 Å². The minimum atomic E-state index is -1.94. The molecule has 1 aliphatic carbocycles. The molecule has 0 aliphatic heterocycles. The van der Waals surface area contributed by atoms with Crippen molar-refractivity contribution < 1.29 is 24.5 Å². The molecule has 3 aromatic heterocycles. The zero-order valence-electron chi connectivity index (χ0n) is 33.6. The molecule has 3 nitrogen and oxygen atoms in total. The number of hydrogen-bond acceptors (Lipinski definition) is 3. The number of aryl methyl sites for hydroxylation is 2. The van der Waals surface area contributed by atoms with E-state index in [1.807, 2.05) is 18.3 Å². The molecule has 0 atom stereocenters. The van der Waals surface area contributed by atoms with Crippen LogP contribution in [0.1, 0.15) is 80.7 Å². The molecular weight excluding hydrogens is 909 g/mol. The van der Waals surface area contributed by atoms with Crippen LogP contribution in [0.25, 0.3) is 55.6 Å². The van der Waals surface area contributed by atoms with E-state index < -0.39 is 13.3 Å². The number of pyridine rings is 2. The first-order chi connectivity index (χ1) is 26.1. The van der Waals surface area contributed by atoms with E-state index in [1.54, 1.807) is 9.96 Å². The standard InChI is InChI=1S/C28H24NO.C22H30GeN.Ir/c1-3-19(4-2)22-14-15-29-26(16-22)23-11-13-25-24-12-10-21(20-8-6-5-7-9-20)17-27(24)30-28(25)18-23;1-16-10-6-9-13-20(16)21-15-19(14-18-11-7-8-12-18)22(17(2)24-21)23(3,4)5;/h5-17,19H,3-4H2,1-2H3;6,9-10,15,18H,7-8,11-12,14H2,1-5H3;/q2*-1;. The van der Waals surface area contributed by atoms with Crippen molar-refractivity contribution in [2.24, 2.45) is 5.92 Å². The molecule has 4 aromatic carbocycles. The van der Waals surface area contributed by atoms with Gasteiger partial charge in [0.15, 0.2) is 0 Å². The van der Waals surface area contributed by atoms with Gasteiger partial charge in [0.2, 0.25) is 0 Å². The Bertz CT molecular complexity index is 2360. The second kappa shape index (κ2) is 18.0. The molecule has 5 heteroatoms. The van der Waals surface area contributed by atoms with Gasteiger partial charge in [0, 0.05) is 26.3 Å². The van der Waals surface area contributed by atoms with E-state index in [0.717, 1.165) is 63.2 Å². The third-order valence-electron chi connectivity index (χ3n) is 11.4. The van der Waals surface area contributed by atoms with Gasteiger partial charge in [0.1, 0.15) is 5.58 Å². The van der Waals surface area contributed by atoms with Crippen LogP contribution in [0, 0.1) is 31.9 Å². The average molecular weight is 964 g/mol. The van der Waals surface area contributed by atoms with Crippen LogP contribution in [0.15, 0.2) is 108 Å². The molecule has 285 valence electrons. The Labute approximate surface area is 345 Å². The van der Waals surface area contributed by atoms with Crippen LogP contribution >= 0.6 is 0 Å². The van der Waals surface area contributed by atoms with Crippen LogP contribution in [0.3, 0.4) is 0 Å². The van der Waals surface area contributed by atoms with Crippen molar-refractivity contribution >= 4 is 39.6 Å². The Morgan fingerprint density at radius 3 is 2.25 bits per heavy atom. The van der Waals surface area contributed by atoms with E-state index in [0.29, 0.717) is 5.92 Å². The third-order valence-corrected chi connectivity index (χ3v) is 15.9. The van der Waals surface area contributed by atoms with Gasteiger partial charge in [0.25, 0.3) is 0 Å². The minimum absolute atomic E-state index is 0. The summed E-state index contributed by atoms with van der Waals surface area (Å²) in [5.74, 6) is 8.95. The number of benzene rings is 4. The van der Waals surface area contributed by atoms with Crippen molar-refractivity contribution in [1.29, 1.82) is 0 Å². The molecule has 1 aliphatic rings. The second-order valence-corrected chi connectivity index (χ2v) is 26.7. The maximum atomic E-state index is 6.21. The average Bonchev–Trinajstić information content (AvgIpc) is 3.82. The summed E-state index contributed by atoms with van der Waals surface area (Å²) < 4.78 is 7.85. The molecule has 3 heterocycles. The van der Waals surface area contributed by atoms with Crippen LogP contribution in [-0.2, 0) is 26.5 Å². The first-order valence-corrected chi connectivity index (χ1v) is 27.4. The van der Waals surface area contributed by atoms with Crippen LogP contribution < -0.4 is 4.40 Å². The summed E-state index contributed by atoms with van der Waals surface area (Å²) in [6.45, 7) is 8.87. The Balaban J connectivity index is 0.000000188. The quantitative estimate of drug-likeness (QED) is 0.107. The normalized spacial score (nSPS) is 13.2.